The predicted molar refractivity (Wildman–Crippen MR) is 91.9 cm³/mol. The van der Waals surface area contributed by atoms with E-state index in [1.165, 1.54) is 0 Å². The number of aliphatic imine (C=N–C) groups is 1. The van der Waals surface area contributed by atoms with Crippen molar-refractivity contribution in [1.29, 1.82) is 0 Å². The molecule has 0 aromatic heterocycles. The Hall–Kier alpha value is -0.910. The van der Waals surface area contributed by atoms with Crippen LogP contribution in [0.5, 0.6) is 0 Å². The zero-order valence-corrected chi connectivity index (χ0v) is 14.8. The lowest BCUT2D eigenvalue weighted by molar-refractivity contribution is -0.121. The highest BCUT2D eigenvalue weighted by molar-refractivity contribution is 8.00. The van der Waals surface area contributed by atoms with Crippen LogP contribution in [0.4, 0.5) is 0 Å². The number of rotatable bonds is 5. The minimum absolute atomic E-state index is 0.0854. The van der Waals surface area contributed by atoms with Crippen LogP contribution in [0.2, 0.25) is 0 Å². The van der Waals surface area contributed by atoms with Crippen LogP contribution in [0.15, 0.2) is 4.99 Å². The molecule has 21 heavy (non-hydrogen) atoms. The van der Waals surface area contributed by atoms with Gasteiger partial charge in [0, 0.05) is 50.1 Å². The normalized spacial score (nSPS) is 20.0. The molecular formula is C15H30N4OS. The fourth-order valence-corrected chi connectivity index (χ4v) is 3.58. The van der Waals surface area contributed by atoms with Gasteiger partial charge in [-0.2, -0.15) is 11.8 Å². The van der Waals surface area contributed by atoms with E-state index >= 15 is 0 Å². The van der Waals surface area contributed by atoms with Crippen molar-refractivity contribution in [3.8, 4) is 0 Å². The summed E-state index contributed by atoms with van der Waals surface area (Å²) in [4.78, 5) is 18.3. The molecule has 5 nitrogen and oxygen atoms in total. The van der Waals surface area contributed by atoms with Crippen LogP contribution in [-0.4, -0.2) is 60.5 Å². The number of amides is 1. The monoisotopic (exact) mass is 314 g/mol. The Morgan fingerprint density at radius 1 is 1.38 bits per heavy atom. The summed E-state index contributed by atoms with van der Waals surface area (Å²) in [5.41, 5.74) is 0. The first-order chi connectivity index (χ1) is 9.93. The van der Waals surface area contributed by atoms with Crippen molar-refractivity contribution in [3.63, 3.8) is 0 Å². The van der Waals surface area contributed by atoms with Gasteiger partial charge in [0.1, 0.15) is 0 Å². The summed E-state index contributed by atoms with van der Waals surface area (Å²) in [7, 11) is 1.81. The summed E-state index contributed by atoms with van der Waals surface area (Å²) in [6.07, 6.45) is 0.480. The molecule has 1 saturated heterocycles. The van der Waals surface area contributed by atoms with Crippen LogP contribution < -0.4 is 10.6 Å². The molecule has 0 radical (unpaired) electrons. The summed E-state index contributed by atoms with van der Waals surface area (Å²) in [5, 5.41) is 6.86. The molecule has 0 spiro atoms. The highest BCUT2D eigenvalue weighted by atomic mass is 32.2. The van der Waals surface area contributed by atoms with Crippen LogP contribution in [-0.2, 0) is 4.79 Å². The second kappa shape index (κ2) is 9.18. The number of guanidine groups is 1. The molecule has 1 fully saturated rings. The van der Waals surface area contributed by atoms with Gasteiger partial charge in [0.05, 0.1) is 0 Å². The topological polar surface area (TPSA) is 56.7 Å². The van der Waals surface area contributed by atoms with Crippen LogP contribution in [0.3, 0.4) is 0 Å². The van der Waals surface area contributed by atoms with E-state index in [1.54, 1.807) is 0 Å². The van der Waals surface area contributed by atoms with Crippen molar-refractivity contribution in [2.45, 2.75) is 45.4 Å². The van der Waals surface area contributed by atoms with Gasteiger partial charge in [-0.15, -0.1) is 0 Å². The molecule has 1 atom stereocenters. The van der Waals surface area contributed by atoms with Crippen LogP contribution in [0.25, 0.3) is 0 Å². The standard InChI is InChI=1S/C15H30N4OS/c1-11(2)13-10-19(8-9-21-13)15(16-5)17-7-6-14(20)18-12(3)4/h11-13H,6-10H2,1-5H3,(H,16,17)(H,18,20). The van der Waals surface area contributed by atoms with E-state index in [0.717, 1.165) is 24.8 Å². The number of thioether (sulfide) groups is 1. The lowest BCUT2D eigenvalue weighted by Gasteiger charge is -2.36. The Labute approximate surface area is 133 Å². The van der Waals surface area contributed by atoms with Crippen molar-refractivity contribution in [2.75, 3.05) is 32.4 Å². The molecule has 0 saturated carbocycles. The molecule has 1 aliphatic rings. The van der Waals surface area contributed by atoms with Crippen molar-refractivity contribution in [2.24, 2.45) is 10.9 Å². The summed E-state index contributed by atoms with van der Waals surface area (Å²) >= 11 is 2.05. The van der Waals surface area contributed by atoms with E-state index in [-0.39, 0.29) is 11.9 Å². The molecule has 0 aromatic carbocycles. The smallest absolute Gasteiger partial charge is 0.221 e. The molecule has 1 amide bonds. The Bertz CT molecular complexity index is 358. The number of hydrogen-bond donors (Lipinski definition) is 2. The first kappa shape index (κ1) is 18.1. The van der Waals surface area contributed by atoms with E-state index in [4.69, 9.17) is 0 Å². The second-order valence-electron chi connectivity index (χ2n) is 6.05. The average molecular weight is 314 g/mol. The number of carbonyl (C=O) groups is 1. The SMILES string of the molecule is CN=C(NCCC(=O)NC(C)C)N1CCSC(C(C)C)C1. The lowest BCUT2D eigenvalue weighted by Crippen LogP contribution is -2.49. The minimum atomic E-state index is 0.0854. The molecule has 1 heterocycles. The van der Waals surface area contributed by atoms with Gasteiger partial charge in [-0.25, -0.2) is 0 Å². The fraction of sp³-hybridized carbons (Fsp3) is 0.867. The zero-order chi connectivity index (χ0) is 15.8. The van der Waals surface area contributed by atoms with E-state index in [2.05, 4.69) is 34.4 Å². The molecular weight excluding hydrogens is 284 g/mol. The summed E-state index contributed by atoms with van der Waals surface area (Å²) in [5.74, 6) is 2.81. The van der Waals surface area contributed by atoms with Gasteiger partial charge in [-0.1, -0.05) is 13.8 Å². The highest BCUT2D eigenvalue weighted by Crippen LogP contribution is 2.24. The van der Waals surface area contributed by atoms with E-state index < -0.39 is 0 Å². The third kappa shape index (κ3) is 6.59. The van der Waals surface area contributed by atoms with Crippen LogP contribution in [0.1, 0.15) is 34.1 Å². The Morgan fingerprint density at radius 2 is 2.10 bits per heavy atom. The van der Waals surface area contributed by atoms with Gasteiger partial charge in [-0.05, 0) is 19.8 Å². The van der Waals surface area contributed by atoms with Gasteiger partial charge >= 0.3 is 0 Å². The Balaban J connectivity index is 2.39. The summed E-state index contributed by atoms with van der Waals surface area (Å²) < 4.78 is 0. The average Bonchev–Trinajstić information content (AvgIpc) is 2.43. The van der Waals surface area contributed by atoms with Crippen molar-refractivity contribution < 1.29 is 4.79 Å². The number of nitrogens with zero attached hydrogens (tertiary/aromatic N) is 2. The summed E-state index contributed by atoms with van der Waals surface area (Å²) in [6, 6.07) is 0.197. The number of nitrogens with one attached hydrogen (secondary N) is 2. The largest absolute Gasteiger partial charge is 0.356 e. The van der Waals surface area contributed by atoms with E-state index in [1.807, 2.05) is 32.7 Å². The van der Waals surface area contributed by atoms with Gasteiger partial charge in [-0.3, -0.25) is 9.79 Å². The first-order valence-electron chi connectivity index (χ1n) is 7.80. The summed E-state index contributed by atoms with van der Waals surface area (Å²) in [6.45, 7) is 11.2. The Kier molecular flexibility index (Phi) is 7.93. The van der Waals surface area contributed by atoms with Crippen molar-refractivity contribution in [3.05, 3.63) is 0 Å². The predicted octanol–water partition coefficient (Wildman–Crippen LogP) is 1.55. The maximum Gasteiger partial charge on any atom is 0.221 e. The molecule has 6 heteroatoms. The van der Waals surface area contributed by atoms with Gasteiger partial charge in [0.2, 0.25) is 5.91 Å². The van der Waals surface area contributed by atoms with Gasteiger partial charge in [0.15, 0.2) is 5.96 Å². The van der Waals surface area contributed by atoms with E-state index in [9.17, 15) is 4.79 Å². The molecule has 1 unspecified atom stereocenters. The second-order valence-corrected chi connectivity index (χ2v) is 7.39. The molecule has 122 valence electrons. The third-order valence-electron chi connectivity index (χ3n) is 3.43. The lowest BCUT2D eigenvalue weighted by atomic mass is 10.1. The quantitative estimate of drug-likeness (QED) is 0.597. The fourth-order valence-electron chi connectivity index (χ4n) is 2.29. The molecule has 2 N–H and O–H groups in total. The van der Waals surface area contributed by atoms with Gasteiger partial charge in [0.25, 0.3) is 0 Å². The Morgan fingerprint density at radius 3 is 2.67 bits per heavy atom. The minimum Gasteiger partial charge on any atom is -0.356 e. The van der Waals surface area contributed by atoms with Gasteiger partial charge < -0.3 is 15.5 Å². The first-order valence-corrected chi connectivity index (χ1v) is 8.85. The van der Waals surface area contributed by atoms with Crippen molar-refractivity contribution in [1.82, 2.24) is 15.5 Å². The molecule has 0 aliphatic carbocycles. The maximum absolute atomic E-state index is 11.6. The molecule has 1 aliphatic heterocycles. The third-order valence-corrected chi connectivity index (χ3v) is 4.97. The van der Waals surface area contributed by atoms with Crippen LogP contribution >= 0.6 is 11.8 Å². The number of hydrogen-bond acceptors (Lipinski definition) is 3. The molecule has 0 aromatic rings. The number of carbonyl (C=O) groups excluding carboxylic acids is 1. The van der Waals surface area contributed by atoms with Crippen LogP contribution in [0, 0.1) is 5.92 Å². The molecule has 1 rings (SSSR count). The van der Waals surface area contributed by atoms with Crippen molar-refractivity contribution >= 4 is 23.6 Å². The zero-order valence-electron chi connectivity index (χ0n) is 14.0. The maximum atomic E-state index is 11.6. The highest BCUT2D eigenvalue weighted by Gasteiger charge is 2.24. The van der Waals surface area contributed by atoms with E-state index in [0.29, 0.717) is 24.1 Å². The molecule has 0 bridgehead atoms.